The van der Waals surface area contributed by atoms with Crippen molar-refractivity contribution < 1.29 is 4.74 Å². The highest BCUT2D eigenvalue weighted by atomic mass is 32.2. The predicted molar refractivity (Wildman–Crippen MR) is 84.0 cm³/mol. The minimum absolute atomic E-state index is 0.242. The van der Waals surface area contributed by atoms with Gasteiger partial charge in [0, 0.05) is 17.8 Å². The second kappa shape index (κ2) is 7.20. The molecule has 0 amide bonds. The molecule has 0 spiro atoms. The van der Waals surface area contributed by atoms with Gasteiger partial charge in [-0.1, -0.05) is 12.1 Å². The zero-order valence-electron chi connectivity index (χ0n) is 12.2. The van der Waals surface area contributed by atoms with Crippen molar-refractivity contribution in [3.05, 3.63) is 29.8 Å². The van der Waals surface area contributed by atoms with E-state index in [2.05, 4.69) is 49.7 Å². The fourth-order valence-corrected chi connectivity index (χ4v) is 3.36. The summed E-state index contributed by atoms with van der Waals surface area (Å²) in [6, 6.07) is 9.15. The molecule has 0 radical (unpaired) electrons. The highest BCUT2D eigenvalue weighted by Crippen LogP contribution is 2.28. The zero-order chi connectivity index (χ0) is 13.7. The van der Waals surface area contributed by atoms with E-state index >= 15 is 0 Å². The van der Waals surface area contributed by atoms with Crippen LogP contribution in [0.5, 0.6) is 5.75 Å². The first-order valence-corrected chi connectivity index (χ1v) is 8.48. The zero-order valence-corrected chi connectivity index (χ0v) is 13.0. The standard InChI is InChI=1S/C16H25NOS/c1-12(2)18-15-7-4-13(5-8-15)11-17-14-6-9-16(10-14)19-3/h4-5,7-8,12,14,16-17H,6,9-11H2,1-3H3. The molecule has 19 heavy (non-hydrogen) atoms. The van der Waals surface area contributed by atoms with Crippen LogP contribution in [0.2, 0.25) is 0 Å². The average molecular weight is 279 g/mol. The van der Waals surface area contributed by atoms with E-state index in [1.807, 2.05) is 11.8 Å². The third kappa shape index (κ3) is 4.73. The summed E-state index contributed by atoms with van der Waals surface area (Å²) in [4.78, 5) is 0. The van der Waals surface area contributed by atoms with Crippen molar-refractivity contribution in [1.82, 2.24) is 5.32 Å². The molecule has 1 aliphatic carbocycles. The lowest BCUT2D eigenvalue weighted by Crippen LogP contribution is -2.26. The van der Waals surface area contributed by atoms with E-state index in [0.29, 0.717) is 6.04 Å². The Kier molecular flexibility index (Phi) is 5.59. The summed E-state index contributed by atoms with van der Waals surface area (Å²) in [6.07, 6.45) is 6.46. The Labute approximate surface area is 121 Å². The summed E-state index contributed by atoms with van der Waals surface area (Å²) in [5.74, 6) is 0.960. The molecular formula is C16H25NOS. The van der Waals surface area contributed by atoms with Gasteiger partial charge in [0.05, 0.1) is 6.10 Å². The molecule has 0 saturated heterocycles. The van der Waals surface area contributed by atoms with Crippen molar-refractivity contribution in [3.8, 4) is 5.75 Å². The number of hydrogen-bond acceptors (Lipinski definition) is 3. The van der Waals surface area contributed by atoms with Crippen LogP contribution in [0.4, 0.5) is 0 Å². The minimum Gasteiger partial charge on any atom is -0.491 e. The van der Waals surface area contributed by atoms with Crippen LogP contribution < -0.4 is 10.1 Å². The summed E-state index contributed by atoms with van der Waals surface area (Å²) in [5.41, 5.74) is 1.34. The molecule has 2 rings (SSSR count). The number of thioether (sulfide) groups is 1. The van der Waals surface area contributed by atoms with E-state index in [9.17, 15) is 0 Å². The van der Waals surface area contributed by atoms with E-state index in [1.54, 1.807) is 0 Å². The van der Waals surface area contributed by atoms with Crippen LogP contribution in [-0.4, -0.2) is 23.7 Å². The Bertz CT molecular complexity index is 377. The summed E-state index contributed by atoms with van der Waals surface area (Å²) >= 11 is 2.01. The molecule has 106 valence electrons. The van der Waals surface area contributed by atoms with Gasteiger partial charge < -0.3 is 10.1 Å². The summed E-state index contributed by atoms with van der Waals surface area (Å²) in [7, 11) is 0. The largest absolute Gasteiger partial charge is 0.491 e. The third-order valence-corrected chi connectivity index (χ3v) is 4.70. The van der Waals surface area contributed by atoms with Crippen molar-refractivity contribution in [1.29, 1.82) is 0 Å². The predicted octanol–water partition coefficient (Wildman–Crippen LogP) is 3.85. The second-order valence-corrected chi connectivity index (χ2v) is 6.70. The van der Waals surface area contributed by atoms with Crippen LogP contribution in [0.3, 0.4) is 0 Å². The van der Waals surface area contributed by atoms with Crippen LogP contribution in [0.1, 0.15) is 38.7 Å². The Morgan fingerprint density at radius 1 is 1.26 bits per heavy atom. The first kappa shape index (κ1) is 14.7. The fourth-order valence-electron chi connectivity index (χ4n) is 2.56. The minimum atomic E-state index is 0.242. The van der Waals surface area contributed by atoms with Gasteiger partial charge in [0.15, 0.2) is 0 Å². The summed E-state index contributed by atoms with van der Waals surface area (Å²) < 4.78 is 5.65. The van der Waals surface area contributed by atoms with Crippen LogP contribution in [0.15, 0.2) is 24.3 Å². The molecule has 1 aromatic rings. The smallest absolute Gasteiger partial charge is 0.119 e. The van der Waals surface area contributed by atoms with Crippen molar-refractivity contribution in [2.45, 2.75) is 57.1 Å². The number of ether oxygens (including phenoxy) is 1. The van der Waals surface area contributed by atoms with Crippen molar-refractivity contribution in [2.24, 2.45) is 0 Å². The molecule has 1 N–H and O–H groups in total. The van der Waals surface area contributed by atoms with Crippen LogP contribution >= 0.6 is 11.8 Å². The SMILES string of the molecule is CSC1CCC(NCc2ccc(OC(C)C)cc2)C1. The van der Waals surface area contributed by atoms with Crippen LogP contribution in [-0.2, 0) is 6.54 Å². The van der Waals surface area contributed by atoms with Gasteiger partial charge in [-0.25, -0.2) is 0 Å². The van der Waals surface area contributed by atoms with Gasteiger partial charge in [0.1, 0.15) is 5.75 Å². The molecule has 2 atom stereocenters. The van der Waals surface area contributed by atoms with Crippen LogP contribution in [0, 0.1) is 0 Å². The lowest BCUT2D eigenvalue weighted by molar-refractivity contribution is 0.242. The molecular weight excluding hydrogens is 254 g/mol. The van der Waals surface area contributed by atoms with E-state index in [-0.39, 0.29) is 6.10 Å². The van der Waals surface area contributed by atoms with Gasteiger partial charge in [-0.3, -0.25) is 0 Å². The fraction of sp³-hybridized carbons (Fsp3) is 0.625. The maximum absolute atomic E-state index is 5.65. The van der Waals surface area contributed by atoms with E-state index < -0.39 is 0 Å². The van der Waals surface area contributed by atoms with Gasteiger partial charge >= 0.3 is 0 Å². The molecule has 2 nitrogen and oxygen atoms in total. The number of benzene rings is 1. The molecule has 3 heteroatoms. The summed E-state index contributed by atoms with van der Waals surface area (Å²) in [5, 5.41) is 4.53. The molecule has 0 aromatic heterocycles. The van der Waals surface area contributed by atoms with Gasteiger partial charge in [-0.2, -0.15) is 11.8 Å². The monoisotopic (exact) mass is 279 g/mol. The average Bonchev–Trinajstić information content (AvgIpc) is 2.85. The van der Waals surface area contributed by atoms with Crippen molar-refractivity contribution in [3.63, 3.8) is 0 Å². The second-order valence-electron chi connectivity index (χ2n) is 5.56. The first-order chi connectivity index (χ1) is 9.17. The van der Waals surface area contributed by atoms with Gasteiger partial charge in [0.2, 0.25) is 0 Å². The maximum Gasteiger partial charge on any atom is 0.119 e. The normalized spacial score (nSPS) is 22.9. The van der Waals surface area contributed by atoms with Crippen molar-refractivity contribution in [2.75, 3.05) is 6.26 Å². The highest BCUT2D eigenvalue weighted by molar-refractivity contribution is 7.99. The molecule has 2 unspecified atom stereocenters. The highest BCUT2D eigenvalue weighted by Gasteiger charge is 2.23. The quantitative estimate of drug-likeness (QED) is 0.854. The molecule has 1 fully saturated rings. The van der Waals surface area contributed by atoms with Crippen molar-refractivity contribution >= 4 is 11.8 Å². The Balaban J connectivity index is 1.77. The molecule has 1 saturated carbocycles. The maximum atomic E-state index is 5.65. The molecule has 0 aliphatic heterocycles. The van der Waals surface area contributed by atoms with Gasteiger partial charge in [-0.15, -0.1) is 0 Å². The lowest BCUT2D eigenvalue weighted by atomic mass is 10.2. The van der Waals surface area contributed by atoms with Gasteiger partial charge in [-0.05, 0) is 57.1 Å². The number of nitrogens with one attached hydrogen (secondary N) is 1. The van der Waals surface area contributed by atoms with E-state index in [0.717, 1.165) is 17.5 Å². The van der Waals surface area contributed by atoms with E-state index in [1.165, 1.54) is 24.8 Å². The Morgan fingerprint density at radius 3 is 2.58 bits per heavy atom. The third-order valence-electron chi connectivity index (χ3n) is 3.61. The molecule has 1 aromatic carbocycles. The van der Waals surface area contributed by atoms with Crippen LogP contribution in [0.25, 0.3) is 0 Å². The topological polar surface area (TPSA) is 21.3 Å². The molecule has 0 bridgehead atoms. The summed E-state index contributed by atoms with van der Waals surface area (Å²) in [6.45, 7) is 5.07. The first-order valence-electron chi connectivity index (χ1n) is 7.19. The van der Waals surface area contributed by atoms with Gasteiger partial charge in [0.25, 0.3) is 0 Å². The number of hydrogen-bond donors (Lipinski definition) is 1. The molecule has 1 aliphatic rings. The Morgan fingerprint density at radius 2 is 2.00 bits per heavy atom. The lowest BCUT2D eigenvalue weighted by Gasteiger charge is -2.14. The van der Waals surface area contributed by atoms with E-state index in [4.69, 9.17) is 4.74 Å². The number of rotatable bonds is 6. The molecule has 0 heterocycles. The Hall–Kier alpha value is -0.670.